The Morgan fingerprint density at radius 2 is 1.94 bits per heavy atom. The van der Waals surface area contributed by atoms with Crippen molar-refractivity contribution in [1.82, 2.24) is 0 Å². The van der Waals surface area contributed by atoms with E-state index in [-0.39, 0.29) is 23.4 Å². The lowest BCUT2D eigenvalue weighted by molar-refractivity contribution is -0.122. The van der Waals surface area contributed by atoms with Crippen LogP contribution in [0.4, 0.5) is 0 Å². The standard InChI is InChI=1S/C15H24O3/c1-10(2)13-6-8-15(4,18)7-5-12(16)9-11(3)14(13)17/h9-10,13,18H,5-8H2,1-4H3/b11-9-/t13-,15+/m0/s1. The molecular formula is C15H24O3. The number of aliphatic hydroxyl groups is 1. The number of hydrogen-bond acceptors (Lipinski definition) is 3. The molecule has 0 amide bonds. The Morgan fingerprint density at radius 3 is 2.50 bits per heavy atom. The predicted molar refractivity (Wildman–Crippen MR) is 71.2 cm³/mol. The van der Waals surface area contributed by atoms with Gasteiger partial charge >= 0.3 is 0 Å². The molecule has 2 atom stereocenters. The first-order valence-corrected chi connectivity index (χ1v) is 6.70. The molecule has 1 rings (SSSR count). The summed E-state index contributed by atoms with van der Waals surface area (Å²) in [7, 11) is 0. The van der Waals surface area contributed by atoms with Crippen LogP contribution in [0.25, 0.3) is 0 Å². The van der Waals surface area contributed by atoms with Crippen LogP contribution in [0.3, 0.4) is 0 Å². The van der Waals surface area contributed by atoms with Crippen LogP contribution in [-0.2, 0) is 9.59 Å². The van der Waals surface area contributed by atoms with Gasteiger partial charge in [0.2, 0.25) is 0 Å². The van der Waals surface area contributed by atoms with Crippen molar-refractivity contribution in [2.75, 3.05) is 0 Å². The third-order valence-electron chi connectivity index (χ3n) is 3.81. The SMILES string of the molecule is C/C1=C/C(=O)CC[C@@](C)(O)CC[C@@H](C(C)C)C1=O. The Bertz CT molecular complexity index is 364. The van der Waals surface area contributed by atoms with E-state index in [4.69, 9.17) is 0 Å². The van der Waals surface area contributed by atoms with Gasteiger partial charge in [-0.3, -0.25) is 9.59 Å². The number of carbonyl (C=O) groups is 2. The zero-order chi connectivity index (χ0) is 13.9. The molecule has 1 N–H and O–H groups in total. The molecule has 0 fully saturated rings. The number of carbonyl (C=O) groups excluding carboxylic acids is 2. The van der Waals surface area contributed by atoms with Gasteiger partial charge in [-0.2, -0.15) is 0 Å². The van der Waals surface area contributed by atoms with Gasteiger partial charge in [0.25, 0.3) is 0 Å². The summed E-state index contributed by atoms with van der Waals surface area (Å²) >= 11 is 0. The highest BCUT2D eigenvalue weighted by Gasteiger charge is 2.29. The van der Waals surface area contributed by atoms with Crippen LogP contribution < -0.4 is 0 Å². The van der Waals surface area contributed by atoms with Crippen molar-refractivity contribution in [3.63, 3.8) is 0 Å². The van der Waals surface area contributed by atoms with Crippen LogP contribution in [0.1, 0.15) is 53.4 Å². The van der Waals surface area contributed by atoms with Gasteiger partial charge in [-0.05, 0) is 50.7 Å². The minimum Gasteiger partial charge on any atom is -0.390 e. The topological polar surface area (TPSA) is 54.4 Å². The van der Waals surface area contributed by atoms with Gasteiger partial charge in [0.05, 0.1) is 5.60 Å². The lowest BCUT2D eigenvalue weighted by atomic mass is 9.79. The highest BCUT2D eigenvalue weighted by molar-refractivity contribution is 6.03. The van der Waals surface area contributed by atoms with Crippen LogP contribution in [-0.4, -0.2) is 22.3 Å². The maximum atomic E-state index is 12.3. The summed E-state index contributed by atoms with van der Waals surface area (Å²) in [5.74, 6) is 0.117. The van der Waals surface area contributed by atoms with E-state index >= 15 is 0 Å². The van der Waals surface area contributed by atoms with E-state index in [9.17, 15) is 14.7 Å². The number of Topliss-reactive ketones (excluding diaryl/α,β-unsaturated/α-hetero) is 1. The average molecular weight is 252 g/mol. The highest BCUT2D eigenvalue weighted by atomic mass is 16.3. The van der Waals surface area contributed by atoms with E-state index in [1.807, 2.05) is 13.8 Å². The largest absolute Gasteiger partial charge is 0.390 e. The van der Waals surface area contributed by atoms with Gasteiger partial charge in [-0.25, -0.2) is 0 Å². The molecule has 18 heavy (non-hydrogen) atoms. The van der Waals surface area contributed by atoms with E-state index in [0.29, 0.717) is 31.3 Å². The Morgan fingerprint density at radius 1 is 1.33 bits per heavy atom. The maximum absolute atomic E-state index is 12.3. The van der Waals surface area contributed by atoms with Crippen LogP contribution >= 0.6 is 0 Å². The van der Waals surface area contributed by atoms with Crippen LogP contribution in [0.15, 0.2) is 11.6 Å². The quantitative estimate of drug-likeness (QED) is 0.780. The van der Waals surface area contributed by atoms with Crippen LogP contribution in [0.5, 0.6) is 0 Å². The molecule has 0 aromatic rings. The van der Waals surface area contributed by atoms with Crippen LogP contribution in [0.2, 0.25) is 0 Å². The lowest BCUT2D eigenvalue weighted by Crippen LogP contribution is -2.30. The average Bonchev–Trinajstić information content (AvgIpc) is 2.25. The van der Waals surface area contributed by atoms with E-state index in [0.717, 1.165) is 0 Å². The number of allylic oxidation sites excluding steroid dienone is 2. The first-order valence-electron chi connectivity index (χ1n) is 6.70. The third kappa shape index (κ3) is 4.05. The van der Waals surface area contributed by atoms with Gasteiger partial charge in [-0.1, -0.05) is 13.8 Å². The number of ketones is 2. The normalized spacial score (nSPS) is 34.3. The van der Waals surface area contributed by atoms with Gasteiger partial charge in [-0.15, -0.1) is 0 Å². The minimum atomic E-state index is -0.845. The fraction of sp³-hybridized carbons (Fsp3) is 0.733. The Kier molecular flexibility index (Phi) is 4.85. The zero-order valence-corrected chi connectivity index (χ0v) is 11.8. The van der Waals surface area contributed by atoms with Crippen molar-refractivity contribution in [2.24, 2.45) is 11.8 Å². The summed E-state index contributed by atoms with van der Waals surface area (Å²) < 4.78 is 0. The van der Waals surface area contributed by atoms with E-state index in [2.05, 4.69) is 0 Å². The first kappa shape index (κ1) is 15.1. The smallest absolute Gasteiger partial charge is 0.162 e. The molecule has 3 heteroatoms. The lowest BCUT2D eigenvalue weighted by Gasteiger charge is -2.28. The monoisotopic (exact) mass is 252 g/mol. The van der Waals surface area contributed by atoms with Crippen molar-refractivity contribution in [3.05, 3.63) is 11.6 Å². The second kappa shape index (κ2) is 5.79. The van der Waals surface area contributed by atoms with Crippen molar-refractivity contribution in [1.29, 1.82) is 0 Å². The summed E-state index contributed by atoms with van der Waals surface area (Å²) in [4.78, 5) is 23.9. The molecule has 102 valence electrons. The van der Waals surface area contributed by atoms with Gasteiger partial charge in [0.1, 0.15) is 0 Å². The molecule has 0 aromatic carbocycles. The molecule has 0 radical (unpaired) electrons. The highest BCUT2D eigenvalue weighted by Crippen LogP contribution is 2.28. The fourth-order valence-electron chi connectivity index (χ4n) is 2.43. The molecule has 0 spiro atoms. The van der Waals surface area contributed by atoms with Gasteiger partial charge in [0, 0.05) is 12.3 Å². The minimum absolute atomic E-state index is 0.0519. The summed E-state index contributed by atoms with van der Waals surface area (Å²) in [6.07, 6.45) is 3.47. The number of hydrogen-bond donors (Lipinski definition) is 1. The molecule has 1 aliphatic rings. The Hall–Kier alpha value is -0.960. The second-order valence-electron chi connectivity index (χ2n) is 6.04. The maximum Gasteiger partial charge on any atom is 0.162 e. The number of rotatable bonds is 1. The summed E-state index contributed by atoms with van der Waals surface area (Å²) in [5.41, 5.74) is -0.289. The van der Waals surface area contributed by atoms with E-state index < -0.39 is 5.60 Å². The zero-order valence-electron chi connectivity index (χ0n) is 11.8. The van der Waals surface area contributed by atoms with E-state index in [1.54, 1.807) is 13.8 Å². The van der Waals surface area contributed by atoms with Crippen molar-refractivity contribution in [3.8, 4) is 0 Å². The molecular weight excluding hydrogens is 228 g/mol. The van der Waals surface area contributed by atoms with E-state index in [1.165, 1.54) is 6.08 Å². The third-order valence-corrected chi connectivity index (χ3v) is 3.81. The van der Waals surface area contributed by atoms with Crippen molar-refractivity contribution < 1.29 is 14.7 Å². The fourth-order valence-corrected chi connectivity index (χ4v) is 2.43. The van der Waals surface area contributed by atoms with Crippen LogP contribution in [0, 0.1) is 11.8 Å². The van der Waals surface area contributed by atoms with Crippen molar-refractivity contribution in [2.45, 2.75) is 59.0 Å². The van der Waals surface area contributed by atoms with Gasteiger partial charge < -0.3 is 5.11 Å². The summed E-state index contributed by atoms with van der Waals surface area (Å²) in [5, 5.41) is 10.2. The molecule has 0 bridgehead atoms. The molecule has 0 saturated heterocycles. The molecule has 0 saturated carbocycles. The Labute approximate surface area is 109 Å². The molecule has 0 aromatic heterocycles. The molecule has 0 unspecified atom stereocenters. The molecule has 1 aliphatic carbocycles. The molecule has 3 nitrogen and oxygen atoms in total. The summed E-state index contributed by atoms with van der Waals surface area (Å²) in [6, 6.07) is 0. The second-order valence-corrected chi connectivity index (χ2v) is 6.04. The molecule has 0 heterocycles. The van der Waals surface area contributed by atoms with Crippen molar-refractivity contribution >= 4 is 11.6 Å². The molecule has 0 aliphatic heterocycles. The van der Waals surface area contributed by atoms with Gasteiger partial charge in [0.15, 0.2) is 11.6 Å². The summed E-state index contributed by atoms with van der Waals surface area (Å²) in [6.45, 7) is 7.49. The Balaban J connectivity index is 3.01. The predicted octanol–water partition coefficient (Wildman–Crippen LogP) is 2.67. The first-order chi connectivity index (χ1) is 8.23.